The molecular weight excluding hydrogens is 186 g/mol. The van der Waals surface area contributed by atoms with Crippen molar-refractivity contribution in [2.24, 2.45) is 0 Å². The third-order valence-electron chi connectivity index (χ3n) is 2.23. The number of carbonyl (C=O) groups excluding carboxylic acids is 1. The Morgan fingerprint density at radius 2 is 2.00 bits per heavy atom. The molecule has 1 heterocycles. The Bertz CT molecular complexity index is 200. The summed E-state index contributed by atoms with van der Waals surface area (Å²) in [4.78, 5) is 13.9. The zero-order valence-electron chi connectivity index (χ0n) is 7.91. The van der Waals surface area contributed by atoms with Crippen molar-refractivity contribution < 1.29 is 9.53 Å². The minimum atomic E-state index is -0.179. The molecule has 1 aliphatic heterocycles. The number of nitrogens with zero attached hydrogens (tertiary/aromatic N) is 1. The lowest BCUT2D eigenvalue weighted by molar-refractivity contribution is -0.140. The second kappa shape index (κ2) is 5.17. The van der Waals surface area contributed by atoms with E-state index in [1.807, 2.05) is 0 Å². The number of esters is 1. The first-order valence-electron chi connectivity index (χ1n) is 4.58. The molecule has 0 unspecified atom stereocenters. The molecule has 0 saturated carbocycles. The van der Waals surface area contributed by atoms with E-state index in [0.717, 1.165) is 18.1 Å². The van der Waals surface area contributed by atoms with E-state index in [4.69, 9.17) is 12.2 Å². The van der Waals surface area contributed by atoms with E-state index < -0.39 is 0 Å². The Labute approximate surface area is 84.0 Å². The van der Waals surface area contributed by atoms with E-state index in [1.165, 1.54) is 20.0 Å². The molecule has 0 amide bonds. The van der Waals surface area contributed by atoms with Crippen molar-refractivity contribution in [3.63, 3.8) is 0 Å². The van der Waals surface area contributed by atoms with Crippen LogP contribution in [0.5, 0.6) is 0 Å². The van der Waals surface area contributed by atoms with Crippen LogP contribution >= 0.6 is 12.2 Å². The van der Waals surface area contributed by atoms with E-state index in [2.05, 4.69) is 9.64 Å². The van der Waals surface area contributed by atoms with Crippen LogP contribution in [0.2, 0.25) is 0 Å². The van der Waals surface area contributed by atoms with Gasteiger partial charge in [-0.1, -0.05) is 12.2 Å². The fourth-order valence-electron chi connectivity index (χ4n) is 1.44. The molecule has 1 saturated heterocycles. The molecule has 0 aromatic carbocycles. The predicted molar refractivity (Wildman–Crippen MR) is 54.7 cm³/mol. The molecule has 0 atom stereocenters. The number of likely N-dealkylation sites (tertiary alicyclic amines) is 1. The molecule has 13 heavy (non-hydrogen) atoms. The third-order valence-corrected chi connectivity index (χ3v) is 2.69. The summed E-state index contributed by atoms with van der Waals surface area (Å²) in [6.07, 6.45) is 3.50. The molecule has 0 aromatic rings. The van der Waals surface area contributed by atoms with Crippen molar-refractivity contribution in [2.75, 3.05) is 20.2 Å². The van der Waals surface area contributed by atoms with Crippen LogP contribution in [-0.4, -0.2) is 36.1 Å². The van der Waals surface area contributed by atoms with Crippen molar-refractivity contribution in [1.29, 1.82) is 0 Å². The Morgan fingerprint density at radius 1 is 1.38 bits per heavy atom. The van der Waals surface area contributed by atoms with Crippen LogP contribution < -0.4 is 0 Å². The van der Waals surface area contributed by atoms with Crippen LogP contribution in [0.25, 0.3) is 0 Å². The van der Waals surface area contributed by atoms with E-state index in [1.54, 1.807) is 0 Å². The summed E-state index contributed by atoms with van der Waals surface area (Å²) in [7, 11) is 1.40. The topological polar surface area (TPSA) is 29.5 Å². The summed E-state index contributed by atoms with van der Waals surface area (Å²) in [6, 6.07) is 0. The molecule has 1 rings (SSSR count). The smallest absolute Gasteiger partial charge is 0.305 e. The lowest BCUT2D eigenvalue weighted by atomic mass is 10.3. The summed E-state index contributed by atoms with van der Waals surface area (Å²) < 4.78 is 4.55. The summed E-state index contributed by atoms with van der Waals surface area (Å²) in [5.41, 5.74) is 0. The van der Waals surface area contributed by atoms with E-state index in [9.17, 15) is 4.79 Å². The van der Waals surface area contributed by atoms with Gasteiger partial charge in [0.15, 0.2) is 0 Å². The molecular formula is C9H15NO2S. The summed E-state index contributed by atoms with van der Waals surface area (Å²) in [5, 5.41) is 0. The van der Waals surface area contributed by atoms with Gasteiger partial charge < -0.3 is 9.64 Å². The highest BCUT2D eigenvalue weighted by molar-refractivity contribution is 7.80. The number of ether oxygens (including phenoxy) is 1. The molecule has 0 aromatic heterocycles. The molecule has 0 bridgehead atoms. The van der Waals surface area contributed by atoms with E-state index >= 15 is 0 Å². The highest BCUT2D eigenvalue weighted by atomic mass is 32.1. The fourth-order valence-corrected chi connectivity index (χ4v) is 1.72. The van der Waals surface area contributed by atoms with Crippen LogP contribution in [0.15, 0.2) is 0 Å². The first-order chi connectivity index (χ1) is 6.24. The molecule has 0 N–H and O–H groups in total. The first kappa shape index (κ1) is 10.4. The molecule has 0 aliphatic carbocycles. The number of thiocarbonyl (C=S) groups is 1. The third kappa shape index (κ3) is 3.30. The van der Waals surface area contributed by atoms with Gasteiger partial charge in [-0.25, -0.2) is 0 Å². The Balaban J connectivity index is 2.20. The average Bonchev–Trinajstić information content (AvgIpc) is 2.66. The Kier molecular flexibility index (Phi) is 4.15. The van der Waals surface area contributed by atoms with Gasteiger partial charge in [-0.2, -0.15) is 0 Å². The van der Waals surface area contributed by atoms with Crippen molar-refractivity contribution in [1.82, 2.24) is 4.90 Å². The number of hydrogen-bond donors (Lipinski definition) is 0. The largest absolute Gasteiger partial charge is 0.469 e. The first-order valence-corrected chi connectivity index (χ1v) is 4.99. The number of hydrogen-bond acceptors (Lipinski definition) is 3. The van der Waals surface area contributed by atoms with Gasteiger partial charge in [0, 0.05) is 19.5 Å². The molecule has 1 aliphatic rings. The number of rotatable bonds is 3. The maximum absolute atomic E-state index is 10.8. The van der Waals surface area contributed by atoms with Gasteiger partial charge in [-0.3, -0.25) is 4.79 Å². The van der Waals surface area contributed by atoms with Gasteiger partial charge in [0.25, 0.3) is 0 Å². The quantitative estimate of drug-likeness (QED) is 0.509. The van der Waals surface area contributed by atoms with Gasteiger partial charge in [-0.15, -0.1) is 0 Å². The summed E-state index contributed by atoms with van der Waals surface area (Å²) >= 11 is 5.20. The Hall–Kier alpha value is -0.640. The molecule has 0 spiro atoms. The zero-order valence-corrected chi connectivity index (χ0v) is 8.73. The zero-order chi connectivity index (χ0) is 9.68. The van der Waals surface area contributed by atoms with Crippen LogP contribution in [0.3, 0.4) is 0 Å². The van der Waals surface area contributed by atoms with Crippen LogP contribution in [-0.2, 0) is 9.53 Å². The molecule has 0 radical (unpaired) electrons. The highest BCUT2D eigenvalue weighted by Gasteiger charge is 2.15. The van der Waals surface area contributed by atoms with Crippen LogP contribution in [0.4, 0.5) is 0 Å². The standard InChI is InChI=1S/C9H15NO2S/c1-12-9(11)5-4-8(13)10-6-2-3-7-10/h2-7H2,1H3. The Morgan fingerprint density at radius 3 is 2.54 bits per heavy atom. The molecule has 4 heteroatoms. The van der Waals surface area contributed by atoms with Crippen molar-refractivity contribution in [3.05, 3.63) is 0 Å². The van der Waals surface area contributed by atoms with Crippen molar-refractivity contribution in [2.45, 2.75) is 25.7 Å². The SMILES string of the molecule is COC(=O)CCC(=S)N1CCCC1. The van der Waals surface area contributed by atoms with Crippen LogP contribution in [0, 0.1) is 0 Å². The van der Waals surface area contributed by atoms with E-state index in [-0.39, 0.29) is 5.97 Å². The lowest BCUT2D eigenvalue weighted by Crippen LogP contribution is -2.26. The van der Waals surface area contributed by atoms with Crippen molar-refractivity contribution in [3.8, 4) is 0 Å². The minimum absolute atomic E-state index is 0.179. The summed E-state index contributed by atoms with van der Waals surface area (Å²) in [6.45, 7) is 2.11. The van der Waals surface area contributed by atoms with Gasteiger partial charge in [0.05, 0.1) is 18.5 Å². The molecule has 1 fully saturated rings. The average molecular weight is 201 g/mol. The number of carbonyl (C=O) groups is 1. The molecule has 3 nitrogen and oxygen atoms in total. The molecule has 74 valence electrons. The van der Waals surface area contributed by atoms with Gasteiger partial charge >= 0.3 is 5.97 Å². The number of methoxy groups -OCH3 is 1. The van der Waals surface area contributed by atoms with Crippen molar-refractivity contribution >= 4 is 23.2 Å². The van der Waals surface area contributed by atoms with Crippen LogP contribution in [0.1, 0.15) is 25.7 Å². The monoisotopic (exact) mass is 201 g/mol. The van der Waals surface area contributed by atoms with Gasteiger partial charge in [0.1, 0.15) is 0 Å². The van der Waals surface area contributed by atoms with Gasteiger partial charge in [0.2, 0.25) is 0 Å². The maximum atomic E-state index is 10.8. The van der Waals surface area contributed by atoms with Gasteiger partial charge in [-0.05, 0) is 12.8 Å². The fraction of sp³-hybridized carbons (Fsp3) is 0.778. The lowest BCUT2D eigenvalue weighted by Gasteiger charge is -2.17. The second-order valence-electron chi connectivity index (χ2n) is 3.16. The minimum Gasteiger partial charge on any atom is -0.469 e. The normalized spacial score (nSPS) is 15.9. The predicted octanol–water partition coefficient (Wildman–Crippen LogP) is 1.36. The highest BCUT2D eigenvalue weighted by Crippen LogP contribution is 2.11. The maximum Gasteiger partial charge on any atom is 0.305 e. The van der Waals surface area contributed by atoms with E-state index in [0.29, 0.717) is 12.8 Å². The second-order valence-corrected chi connectivity index (χ2v) is 3.64. The summed E-state index contributed by atoms with van der Waals surface area (Å²) in [5.74, 6) is -0.179.